The van der Waals surface area contributed by atoms with Crippen LogP contribution in [0.5, 0.6) is 0 Å². The van der Waals surface area contributed by atoms with E-state index >= 15 is 0 Å². The number of nitrogens with one attached hydrogen (secondary N) is 1. The van der Waals surface area contributed by atoms with Gasteiger partial charge in [0.1, 0.15) is 10.6 Å². The van der Waals surface area contributed by atoms with Crippen LogP contribution in [-0.4, -0.2) is 18.5 Å². The molecule has 5 nitrogen and oxygen atoms in total. The molecule has 0 atom stereocenters. The highest BCUT2D eigenvalue weighted by Gasteiger charge is 2.28. The molecule has 0 spiro atoms. The average molecular weight is 404 g/mol. The Morgan fingerprint density at radius 1 is 1.33 bits per heavy atom. The van der Waals surface area contributed by atoms with E-state index in [0.29, 0.717) is 27.8 Å². The monoisotopic (exact) mass is 403 g/mol. The molecule has 2 aromatic heterocycles. The van der Waals surface area contributed by atoms with E-state index in [1.54, 1.807) is 31.4 Å². The molecule has 1 aliphatic carbocycles. The Kier molecular flexibility index (Phi) is 4.93. The van der Waals surface area contributed by atoms with Crippen molar-refractivity contribution in [2.45, 2.75) is 32.6 Å². The maximum absolute atomic E-state index is 12.6. The van der Waals surface area contributed by atoms with Gasteiger partial charge in [0.15, 0.2) is 0 Å². The molecule has 0 unspecified atom stereocenters. The number of esters is 1. The number of carbonyl (C=O) groups excluding carboxylic acids is 2. The molecule has 1 N–H and O–H groups in total. The second-order valence-electron chi connectivity index (χ2n) is 6.41. The Labute approximate surface area is 165 Å². The molecule has 4 rings (SSSR count). The number of aryl methyl sites for hydroxylation is 1. The molecule has 0 bridgehead atoms. The Bertz CT molecular complexity index is 1040. The van der Waals surface area contributed by atoms with Crippen LogP contribution in [0.4, 0.5) is 5.00 Å². The average Bonchev–Trinajstić information content (AvgIpc) is 3.30. The van der Waals surface area contributed by atoms with Crippen LogP contribution in [0, 0.1) is 0 Å². The van der Waals surface area contributed by atoms with Crippen LogP contribution in [0.3, 0.4) is 0 Å². The topological polar surface area (TPSA) is 68.5 Å². The molecular weight excluding hydrogens is 386 g/mol. The van der Waals surface area contributed by atoms with E-state index in [4.69, 9.17) is 20.8 Å². The first-order valence-electron chi connectivity index (χ1n) is 8.84. The van der Waals surface area contributed by atoms with E-state index in [9.17, 15) is 9.59 Å². The van der Waals surface area contributed by atoms with Gasteiger partial charge in [0.25, 0.3) is 0 Å². The number of thiophene rings is 1. The van der Waals surface area contributed by atoms with Crippen molar-refractivity contribution in [3.8, 4) is 0 Å². The fourth-order valence-electron chi connectivity index (χ4n) is 3.45. The first-order valence-corrected chi connectivity index (χ1v) is 10.0. The normalized spacial score (nSPS) is 13.0. The van der Waals surface area contributed by atoms with Gasteiger partial charge < -0.3 is 14.5 Å². The minimum atomic E-state index is -0.368. The van der Waals surface area contributed by atoms with Crippen LogP contribution >= 0.6 is 22.9 Å². The fraction of sp³-hybridized carbons (Fsp3) is 0.300. The third kappa shape index (κ3) is 3.47. The van der Waals surface area contributed by atoms with E-state index in [2.05, 4.69) is 5.32 Å². The molecule has 3 aromatic rings. The van der Waals surface area contributed by atoms with Gasteiger partial charge in [0, 0.05) is 20.8 Å². The van der Waals surface area contributed by atoms with Crippen molar-refractivity contribution >= 4 is 50.8 Å². The third-order valence-electron chi connectivity index (χ3n) is 4.62. The fourth-order valence-corrected chi connectivity index (χ4v) is 4.91. The maximum atomic E-state index is 12.6. The van der Waals surface area contributed by atoms with Crippen LogP contribution < -0.4 is 5.32 Å². The number of ether oxygens (including phenoxy) is 1. The standard InChI is InChI=1S/C20H18ClNO4S/c1-2-25-20(24)18-13-4-3-5-16(13)27-19(18)22-17(23)8-11-10-26-15-7-6-12(21)9-14(11)15/h6-7,9-10H,2-5,8H2,1H3,(H,22,23). The summed E-state index contributed by atoms with van der Waals surface area (Å²) in [5.41, 5.74) is 2.98. The quantitative estimate of drug-likeness (QED) is 0.609. The molecule has 7 heteroatoms. The summed E-state index contributed by atoms with van der Waals surface area (Å²) in [6.07, 6.45) is 4.52. The van der Waals surface area contributed by atoms with E-state index in [1.165, 1.54) is 11.3 Å². The molecule has 140 valence electrons. The summed E-state index contributed by atoms with van der Waals surface area (Å²) in [6.45, 7) is 2.08. The SMILES string of the molecule is CCOC(=O)c1c(NC(=O)Cc2coc3ccc(Cl)cc23)sc2c1CCC2. The number of hydrogen-bond acceptors (Lipinski definition) is 5. The van der Waals surface area contributed by atoms with Gasteiger partial charge in [-0.3, -0.25) is 4.79 Å². The minimum Gasteiger partial charge on any atom is -0.464 e. The molecule has 1 amide bonds. The number of furan rings is 1. The lowest BCUT2D eigenvalue weighted by atomic mass is 10.1. The number of rotatable bonds is 5. The first-order chi connectivity index (χ1) is 13.1. The Morgan fingerprint density at radius 3 is 3.00 bits per heavy atom. The highest BCUT2D eigenvalue weighted by Crippen LogP contribution is 2.39. The van der Waals surface area contributed by atoms with E-state index in [-0.39, 0.29) is 18.3 Å². The molecule has 0 radical (unpaired) electrons. The van der Waals surface area contributed by atoms with Crippen LogP contribution in [-0.2, 0) is 28.8 Å². The Hall–Kier alpha value is -2.31. The number of halogens is 1. The van der Waals surface area contributed by atoms with E-state index in [0.717, 1.165) is 40.7 Å². The van der Waals surface area contributed by atoms with Crippen molar-refractivity contribution < 1.29 is 18.7 Å². The Morgan fingerprint density at radius 2 is 2.19 bits per heavy atom. The second-order valence-corrected chi connectivity index (χ2v) is 7.95. The smallest absolute Gasteiger partial charge is 0.341 e. The van der Waals surface area contributed by atoms with Crippen molar-refractivity contribution in [2.24, 2.45) is 0 Å². The second kappa shape index (κ2) is 7.37. The molecule has 1 aromatic carbocycles. The summed E-state index contributed by atoms with van der Waals surface area (Å²) in [4.78, 5) is 26.2. The van der Waals surface area contributed by atoms with Gasteiger partial charge in [-0.25, -0.2) is 4.79 Å². The number of benzene rings is 1. The molecular formula is C20H18ClNO4S. The molecule has 2 heterocycles. The predicted octanol–water partition coefficient (Wildman–Crippen LogP) is 4.99. The lowest BCUT2D eigenvalue weighted by molar-refractivity contribution is -0.115. The van der Waals surface area contributed by atoms with Crippen LogP contribution in [0.2, 0.25) is 5.02 Å². The first kappa shape index (κ1) is 18.1. The molecule has 0 saturated heterocycles. The van der Waals surface area contributed by atoms with Gasteiger partial charge in [-0.15, -0.1) is 11.3 Å². The van der Waals surface area contributed by atoms with Crippen LogP contribution in [0.1, 0.15) is 39.7 Å². The molecule has 0 aliphatic heterocycles. The zero-order valence-electron chi connectivity index (χ0n) is 14.8. The number of fused-ring (bicyclic) bond motifs is 2. The molecule has 0 saturated carbocycles. The summed E-state index contributed by atoms with van der Waals surface area (Å²) in [5.74, 6) is -0.573. The zero-order chi connectivity index (χ0) is 19.0. The predicted molar refractivity (Wildman–Crippen MR) is 106 cm³/mol. The number of hydrogen-bond donors (Lipinski definition) is 1. The van der Waals surface area contributed by atoms with Gasteiger partial charge in [0.05, 0.1) is 24.9 Å². The van der Waals surface area contributed by atoms with Gasteiger partial charge in [-0.2, -0.15) is 0 Å². The molecule has 27 heavy (non-hydrogen) atoms. The molecule has 0 fully saturated rings. The van der Waals surface area contributed by atoms with Gasteiger partial charge in [-0.1, -0.05) is 11.6 Å². The van der Waals surface area contributed by atoms with Crippen molar-refractivity contribution in [3.63, 3.8) is 0 Å². The van der Waals surface area contributed by atoms with Crippen molar-refractivity contribution in [3.05, 3.63) is 51.1 Å². The maximum Gasteiger partial charge on any atom is 0.341 e. The third-order valence-corrected chi connectivity index (χ3v) is 6.06. The largest absolute Gasteiger partial charge is 0.464 e. The minimum absolute atomic E-state index is 0.137. The highest BCUT2D eigenvalue weighted by atomic mass is 35.5. The molecule has 1 aliphatic rings. The van der Waals surface area contributed by atoms with Crippen molar-refractivity contribution in [1.29, 1.82) is 0 Å². The summed E-state index contributed by atoms with van der Waals surface area (Å²) in [5, 5.41) is 4.88. The summed E-state index contributed by atoms with van der Waals surface area (Å²) < 4.78 is 10.7. The number of amides is 1. The number of carbonyl (C=O) groups is 2. The van der Waals surface area contributed by atoms with Crippen molar-refractivity contribution in [1.82, 2.24) is 0 Å². The van der Waals surface area contributed by atoms with E-state index < -0.39 is 0 Å². The van der Waals surface area contributed by atoms with E-state index in [1.807, 2.05) is 0 Å². The summed E-state index contributed by atoms with van der Waals surface area (Å²) in [6, 6.07) is 5.31. The van der Waals surface area contributed by atoms with Crippen molar-refractivity contribution in [2.75, 3.05) is 11.9 Å². The van der Waals surface area contributed by atoms with Gasteiger partial charge >= 0.3 is 5.97 Å². The summed E-state index contributed by atoms with van der Waals surface area (Å²) in [7, 11) is 0. The number of anilines is 1. The van der Waals surface area contributed by atoms with Crippen LogP contribution in [0.15, 0.2) is 28.9 Å². The highest BCUT2D eigenvalue weighted by molar-refractivity contribution is 7.17. The van der Waals surface area contributed by atoms with Gasteiger partial charge in [-0.05, 0) is 49.9 Å². The lowest BCUT2D eigenvalue weighted by Gasteiger charge is -2.07. The lowest BCUT2D eigenvalue weighted by Crippen LogP contribution is -2.16. The Balaban J connectivity index is 1.58. The zero-order valence-corrected chi connectivity index (χ0v) is 16.3. The summed E-state index contributed by atoms with van der Waals surface area (Å²) >= 11 is 7.52. The van der Waals surface area contributed by atoms with Gasteiger partial charge in [0.2, 0.25) is 5.91 Å². The van der Waals surface area contributed by atoms with Crippen LogP contribution in [0.25, 0.3) is 11.0 Å².